The molecule has 0 saturated heterocycles. The lowest BCUT2D eigenvalue weighted by Gasteiger charge is -2.17. The van der Waals surface area contributed by atoms with Crippen molar-refractivity contribution in [1.29, 1.82) is 0 Å². The number of aliphatic carboxylic acids is 1. The molecule has 1 aliphatic carbocycles. The molecule has 1 fully saturated rings. The molecule has 0 spiro atoms. The van der Waals surface area contributed by atoms with Gasteiger partial charge in [0, 0.05) is 30.8 Å². The highest BCUT2D eigenvalue weighted by molar-refractivity contribution is 5.87. The molecule has 1 aliphatic rings. The molecule has 2 N–H and O–H groups in total. The second-order valence-electron chi connectivity index (χ2n) is 5.40. The van der Waals surface area contributed by atoms with Gasteiger partial charge < -0.3 is 10.4 Å². The fourth-order valence-electron chi connectivity index (χ4n) is 2.33. The van der Waals surface area contributed by atoms with Gasteiger partial charge >= 0.3 is 5.97 Å². The molecule has 1 heterocycles. The third-order valence-electron chi connectivity index (χ3n) is 3.60. The average Bonchev–Trinajstić information content (AvgIpc) is 3.01. The Labute approximate surface area is 111 Å². The van der Waals surface area contributed by atoms with Crippen molar-refractivity contribution >= 4 is 11.9 Å². The number of nitrogens with one attached hydrogen (secondary N) is 1. The second kappa shape index (κ2) is 5.03. The van der Waals surface area contributed by atoms with Crippen molar-refractivity contribution in [3.8, 4) is 0 Å². The first kappa shape index (κ1) is 13.6. The van der Waals surface area contributed by atoms with Gasteiger partial charge in [0.2, 0.25) is 5.91 Å². The smallest absolute Gasteiger partial charge is 0.326 e. The number of hydrogen-bond acceptors (Lipinski definition) is 3. The Balaban J connectivity index is 1.96. The molecule has 1 amide bonds. The van der Waals surface area contributed by atoms with Crippen molar-refractivity contribution in [3.05, 3.63) is 18.0 Å². The van der Waals surface area contributed by atoms with Gasteiger partial charge in [-0.3, -0.25) is 9.48 Å². The monoisotopic (exact) mass is 265 g/mol. The highest BCUT2D eigenvalue weighted by atomic mass is 16.4. The summed E-state index contributed by atoms with van der Waals surface area (Å²) in [6.45, 7) is 3.56. The fraction of sp³-hybridized carbons (Fsp3) is 0.615. The lowest BCUT2D eigenvalue weighted by molar-refractivity contribution is -0.143. The highest BCUT2D eigenvalue weighted by Gasteiger charge is 2.46. The number of carbonyl (C=O) groups excluding carboxylic acids is 1. The summed E-state index contributed by atoms with van der Waals surface area (Å²) in [5.41, 5.74) is 1.02. The maximum atomic E-state index is 12.0. The molecule has 1 aromatic rings. The van der Waals surface area contributed by atoms with Gasteiger partial charge in [0.1, 0.15) is 6.04 Å². The van der Waals surface area contributed by atoms with Crippen LogP contribution in [-0.2, 0) is 16.6 Å². The summed E-state index contributed by atoms with van der Waals surface area (Å²) in [7, 11) is 1.84. The number of aromatic nitrogens is 2. The van der Waals surface area contributed by atoms with Crippen molar-refractivity contribution in [2.45, 2.75) is 32.2 Å². The molecule has 6 heteroatoms. The molecule has 6 nitrogen and oxygen atoms in total. The van der Waals surface area contributed by atoms with E-state index in [1.807, 2.05) is 13.1 Å². The zero-order valence-electron chi connectivity index (χ0n) is 11.3. The molecule has 0 aliphatic heterocycles. The first-order chi connectivity index (χ1) is 8.91. The Morgan fingerprint density at radius 1 is 1.53 bits per heavy atom. The number of rotatable bonds is 5. The molecule has 0 unspecified atom stereocenters. The molecule has 0 aromatic carbocycles. The predicted molar refractivity (Wildman–Crippen MR) is 68.5 cm³/mol. The van der Waals surface area contributed by atoms with Crippen molar-refractivity contribution in [1.82, 2.24) is 15.1 Å². The van der Waals surface area contributed by atoms with Gasteiger partial charge in [-0.05, 0) is 18.4 Å². The van der Waals surface area contributed by atoms with Crippen LogP contribution in [0.5, 0.6) is 0 Å². The van der Waals surface area contributed by atoms with Crippen molar-refractivity contribution in [2.75, 3.05) is 0 Å². The second-order valence-corrected chi connectivity index (χ2v) is 5.40. The minimum atomic E-state index is -0.985. The van der Waals surface area contributed by atoms with Gasteiger partial charge in [-0.1, -0.05) is 13.8 Å². The number of carboxylic acids is 1. The van der Waals surface area contributed by atoms with Crippen molar-refractivity contribution < 1.29 is 14.7 Å². The predicted octanol–water partition coefficient (Wildman–Crippen LogP) is 0.749. The molecule has 2 rings (SSSR count). The van der Waals surface area contributed by atoms with E-state index < -0.39 is 12.0 Å². The van der Waals surface area contributed by atoms with E-state index in [1.54, 1.807) is 24.7 Å². The van der Waals surface area contributed by atoms with Crippen LogP contribution in [-0.4, -0.2) is 32.8 Å². The lowest BCUT2D eigenvalue weighted by atomic mass is 10.0. The van der Waals surface area contributed by atoms with E-state index in [1.165, 1.54) is 0 Å². The maximum absolute atomic E-state index is 12.0. The number of hydrogen-bond donors (Lipinski definition) is 2. The third-order valence-corrected chi connectivity index (χ3v) is 3.60. The van der Waals surface area contributed by atoms with Gasteiger partial charge in [-0.15, -0.1) is 0 Å². The average molecular weight is 265 g/mol. The van der Waals surface area contributed by atoms with E-state index in [0.717, 1.165) is 12.1 Å². The van der Waals surface area contributed by atoms with Gasteiger partial charge in [-0.25, -0.2) is 4.79 Å². The standard InChI is InChI=1S/C13H19N3O3/c1-7(2)11(13(18)19)15-12(17)9-6-8(9)10-4-5-14-16(10)3/h4-5,7-9,11H,6H2,1-3H3,(H,15,17)(H,18,19)/t8-,9-,11+/m1/s1. The van der Waals surface area contributed by atoms with Crippen LogP contribution in [0.1, 0.15) is 31.9 Å². The fourth-order valence-corrected chi connectivity index (χ4v) is 2.33. The van der Waals surface area contributed by atoms with Crippen LogP contribution in [0, 0.1) is 11.8 Å². The first-order valence-corrected chi connectivity index (χ1v) is 6.43. The van der Waals surface area contributed by atoms with Crippen LogP contribution in [0.15, 0.2) is 12.3 Å². The summed E-state index contributed by atoms with van der Waals surface area (Å²) in [4.78, 5) is 23.1. The van der Waals surface area contributed by atoms with Crippen LogP contribution in [0.2, 0.25) is 0 Å². The summed E-state index contributed by atoms with van der Waals surface area (Å²) < 4.78 is 1.76. The Hall–Kier alpha value is -1.85. The Kier molecular flexibility index (Phi) is 3.59. The topological polar surface area (TPSA) is 84.2 Å². The minimum absolute atomic E-state index is 0.129. The van der Waals surface area contributed by atoms with Crippen molar-refractivity contribution in [2.24, 2.45) is 18.9 Å². The van der Waals surface area contributed by atoms with Crippen LogP contribution in [0.4, 0.5) is 0 Å². The maximum Gasteiger partial charge on any atom is 0.326 e. The molecule has 0 bridgehead atoms. The van der Waals surface area contributed by atoms with Crippen LogP contribution in [0.3, 0.4) is 0 Å². The summed E-state index contributed by atoms with van der Waals surface area (Å²) in [6, 6.07) is 1.08. The molecule has 1 saturated carbocycles. The zero-order chi connectivity index (χ0) is 14.2. The van der Waals surface area contributed by atoms with Crippen LogP contribution in [0.25, 0.3) is 0 Å². The minimum Gasteiger partial charge on any atom is -0.480 e. The van der Waals surface area contributed by atoms with E-state index in [-0.39, 0.29) is 23.7 Å². The summed E-state index contributed by atoms with van der Waals surface area (Å²) in [6.07, 6.45) is 2.46. The zero-order valence-corrected chi connectivity index (χ0v) is 11.3. The summed E-state index contributed by atoms with van der Waals surface area (Å²) >= 11 is 0. The molecule has 3 atom stereocenters. The van der Waals surface area contributed by atoms with Gasteiger partial charge in [0.05, 0.1) is 0 Å². The largest absolute Gasteiger partial charge is 0.480 e. The summed E-state index contributed by atoms with van der Waals surface area (Å²) in [5, 5.41) is 15.8. The van der Waals surface area contributed by atoms with E-state index >= 15 is 0 Å². The molecular formula is C13H19N3O3. The highest BCUT2D eigenvalue weighted by Crippen LogP contribution is 2.47. The molecule has 104 valence electrons. The summed E-state index contributed by atoms with van der Waals surface area (Å²) in [5.74, 6) is -1.26. The van der Waals surface area contributed by atoms with Gasteiger partial charge in [-0.2, -0.15) is 5.10 Å². The third kappa shape index (κ3) is 2.77. The molecule has 19 heavy (non-hydrogen) atoms. The molecule has 0 radical (unpaired) electrons. The van der Waals surface area contributed by atoms with Crippen molar-refractivity contribution in [3.63, 3.8) is 0 Å². The normalized spacial score (nSPS) is 23.2. The van der Waals surface area contributed by atoms with Crippen LogP contribution >= 0.6 is 0 Å². The number of amides is 1. The van der Waals surface area contributed by atoms with E-state index in [9.17, 15) is 9.59 Å². The quantitative estimate of drug-likeness (QED) is 0.822. The Morgan fingerprint density at radius 2 is 2.21 bits per heavy atom. The number of carbonyl (C=O) groups is 2. The number of nitrogens with zero attached hydrogens (tertiary/aromatic N) is 2. The SMILES string of the molecule is CC(C)[C@H](NC(=O)[C@@H]1C[C@H]1c1ccnn1C)C(=O)O. The molecular weight excluding hydrogens is 246 g/mol. The Bertz CT molecular complexity index is 495. The molecule has 1 aromatic heterocycles. The van der Waals surface area contributed by atoms with E-state index in [2.05, 4.69) is 10.4 Å². The number of aryl methyl sites for hydroxylation is 1. The Morgan fingerprint density at radius 3 is 2.68 bits per heavy atom. The van der Waals surface area contributed by atoms with E-state index in [0.29, 0.717) is 0 Å². The van der Waals surface area contributed by atoms with Gasteiger partial charge in [0.25, 0.3) is 0 Å². The first-order valence-electron chi connectivity index (χ1n) is 6.43. The lowest BCUT2D eigenvalue weighted by Crippen LogP contribution is -2.45. The number of carboxylic acid groups (broad SMARTS) is 1. The van der Waals surface area contributed by atoms with Crippen LogP contribution < -0.4 is 5.32 Å². The van der Waals surface area contributed by atoms with Gasteiger partial charge in [0.15, 0.2) is 0 Å². The van der Waals surface area contributed by atoms with E-state index in [4.69, 9.17) is 5.11 Å².